The van der Waals surface area contributed by atoms with Crippen molar-refractivity contribution in [3.63, 3.8) is 0 Å². The van der Waals surface area contributed by atoms with Gasteiger partial charge in [0, 0.05) is 18.1 Å². The molecule has 0 radical (unpaired) electrons. The zero-order valence-electron chi connectivity index (χ0n) is 12.0. The summed E-state index contributed by atoms with van der Waals surface area (Å²) in [5.41, 5.74) is 0.989. The Balaban J connectivity index is 1.56. The first-order valence-electron chi connectivity index (χ1n) is 7.24. The number of nitrogens with one attached hydrogen (secondary N) is 1. The number of halogens is 1. The first-order chi connectivity index (χ1) is 9.54. The van der Waals surface area contributed by atoms with Crippen LogP contribution in [0.25, 0.3) is 0 Å². The predicted octanol–water partition coefficient (Wildman–Crippen LogP) is 1.70. The minimum absolute atomic E-state index is 0.0673. The van der Waals surface area contributed by atoms with Crippen LogP contribution in [-0.2, 0) is 11.3 Å². The fourth-order valence-electron chi connectivity index (χ4n) is 3.52. The molecule has 20 heavy (non-hydrogen) atoms. The number of fused-ring (bicyclic) bond motifs is 2. The van der Waals surface area contributed by atoms with Crippen molar-refractivity contribution in [1.29, 1.82) is 0 Å². The van der Waals surface area contributed by atoms with E-state index in [1.165, 1.54) is 12.8 Å². The van der Waals surface area contributed by atoms with E-state index in [1.807, 2.05) is 6.92 Å². The number of piperidine rings is 1. The fourth-order valence-corrected chi connectivity index (χ4v) is 3.82. The number of aromatic nitrogens is 2. The summed E-state index contributed by atoms with van der Waals surface area (Å²) in [5.74, 6) is 0.0673. The molecule has 2 fully saturated rings. The third-order valence-electron chi connectivity index (χ3n) is 4.80. The molecule has 6 heteroatoms. The van der Waals surface area contributed by atoms with Crippen molar-refractivity contribution in [1.82, 2.24) is 20.0 Å². The molecule has 2 aliphatic rings. The molecule has 3 rings (SSSR count). The van der Waals surface area contributed by atoms with Gasteiger partial charge in [-0.1, -0.05) is 0 Å². The highest BCUT2D eigenvalue weighted by Crippen LogP contribution is 2.34. The van der Waals surface area contributed by atoms with Gasteiger partial charge in [-0.2, -0.15) is 5.10 Å². The van der Waals surface area contributed by atoms with E-state index in [1.54, 1.807) is 10.9 Å². The molecule has 0 spiro atoms. The van der Waals surface area contributed by atoms with E-state index in [4.69, 9.17) is 0 Å². The first kappa shape index (κ1) is 14.1. The van der Waals surface area contributed by atoms with Gasteiger partial charge in [0.25, 0.3) is 0 Å². The third kappa shape index (κ3) is 2.63. The molecule has 110 valence electrons. The maximum absolute atomic E-state index is 12.2. The SMILES string of the molecule is Cc1c(Br)cnn1CC(=O)NC1CC2CCC(C1)N2C. The Morgan fingerprint density at radius 3 is 2.65 bits per heavy atom. The summed E-state index contributed by atoms with van der Waals surface area (Å²) in [6.45, 7) is 2.26. The van der Waals surface area contributed by atoms with Crippen LogP contribution in [0, 0.1) is 6.92 Å². The lowest BCUT2D eigenvalue weighted by Gasteiger charge is -2.36. The average molecular weight is 341 g/mol. The number of carbonyl (C=O) groups is 1. The van der Waals surface area contributed by atoms with Crippen LogP contribution in [0.5, 0.6) is 0 Å². The van der Waals surface area contributed by atoms with Gasteiger partial charge in [0.1, 0.15) is 6.54 Å². The van der Waals surface area contributed by atoms with Gasteiger partial charge >= 0.3 is 0 Å². The molecule has 0 aliphatic carbocycles. The van der Waals surface area contributed by atoms with E-state index in [0.717, 1.165) is 23.0 Å². The lowest BCUT2D eigenvalue weighted by molar-refractivity contribution is -0.123. The predicted molar refractivity (Wildman–Crippen MR) is 80.4 cm³/mol. The van der Waals surface area contributed by atoms with Crippen molar-refractivity contribution in [2.45, 2.75) is 57.3 Å². The van der Waals surface area contributed by atoms with E-state index in [0.29, 0.717) is 24.7 Å². The Hall–Kier alpha value is -0.880. The Kier molecular flexibility index (Phi) is 3.86. The van der Waals surface area contributed by atoms with E-state index in [-0.39, 0.29) is 5.91 Å². The van der Waals surface area contributed by atoms with Gasteiger partial charge in [-0.05, 0) is 55.6 Å². The highest BCUT2D eigenvalue weighted by molar-refractivity contribution is 9.10. The Morgan fingerprint density at radius 2 is 2.10 bits per heavy atom. The van der Waals surface area contributed by atoms with Crippen molar-refractivity contribution in [2.75, 3.05) is 7.05 Å². The summed E-state index contributed by atoms with van der Waals surface area (Å²) < 4.78 is 2.69. The number of nitrogens with zero attached hydrogens (tertiary/aromatic N) is 3. The lowest BCUT2D eigenvalue weighted by Crippen LogP contribution is -2.49. The van der Waals surface area contributed by atoms with E-state index in [2.05, 4.69) is 38.3 Å². The van der Waals surface area contributed by atoms with Crippen LogP contribution in [0.2, 0.25) is 0 Å². The molecule has 2 unspecified atom stereocenters. The molecule has 2 bridgehead atoms. The maximum atomic E-state index is 12.2. The minimum Gasteiger partial charge on any atom is -0.352 e. The van der Waals surface area contributed by atoms with E-state index >= 15 is 0 Å². The summed E-state index contributed by atoms with van der Waals surface area (Å²) in [7, 11) is 2.21. The van der Waals surface area contributed by atoms with Crippen LogP contribution in [0.4, 0.5) is 0 Å². The summed E-state index contributed by atoms with van der Waals surface area (Å²) >= 11 is 3.41. The number of carbonyl (C=O) groups excluding carboxylic acids is 1. The van der Waals surface area contributed by atoms with Crippen molar-refractivity contribution in [3.05, 3.63) is 16.4 Å². The van der Waals surface area contributed by atoms with Crippen molar-refractivity contribution in [3.8, 4) is 0 Å². The van der Waals surface area contributed by atoms with Crippen molar-refractivity contribution >= 4 is 21.8 Å². The number of amides is 1. The molecular weight excluding hydrogens is 320 g/mol. The Morgan fingerprint density at radius 1 is 1.45 bits per heavy atom. The summed E-state index contributed by atoms with van der Waals surface area (Å²) in [4.78, 5) is 14.6. The molecule has 1 aromatic heterocycles. The summed E-state index contributed by atoms with van der Waals surface area (Å²) in [6, 6.07) is 1.63. The molecule has 0 saturated carbocycles. The Labute approximate surface area is 127 Å². The Bertz CT molecular complexity index is 501. The second-order valence-electron chi connectivity index (χ2n) is 6.02. The average Bonchev–Trinajstić information content (AvgIpc) is 2.81. The normalized spacial score (nSPS) is 29.6. The molecule has 2 aliphatic heterocycles. The van der Waals surface area contributed by atoms with Crippen molar-refractivity contribution in [2.24, 2.45) is 0 Å². The second-order valence-corrected chi connectivity index (χ2v) is 6.88. The third-order valence-corrected chi connectivity index (χ3v) is 5.58. The van der Waals surface area contributed by atoms with Crippen LogP contribution < -0.4 is 5.32 Å². The molecule has 0 aromatic carbocycles. The monoisotopic (exact) mass is 340 g/mol. The zero-order chi connectivity index (χ0) is 14.3. The molecule has 1 N–H and O–H groups in total. The van der Waals surface area contributed by atoms with Gasteiger partial charge in [-0.3, -0.25) is 9.48 Å². The standard InChI is InChI=1S/C14H21BrN4O/c1-9-13(15)7-16-19(9)8-14(20)17-10-5-11-3-4-12(6-10)18(11)2/h7,10-12H,3-6,8H2,1-2H3,(H,17,20). The molecular formula is C14H21BrN4O. The van der Waals surface area contributed by atoms with Crippen LogP contribution >= 0.6 is 15.9 Å². The largest absolute Gasteiger partial charge is 0.352 e. The van der Waals surface area contributed by atoms with Crippen LogP contribution in [-0.4, -0.2) is 45.8 Å². The van der Waals surface area contributed by atoms with E-state index in [9.17, 15) is 4.79 Å². The quantitative estimate of drug-likeness (QED) is 0.910. The zero-order valence-corrected chi connectivity index (χ0v) is 13.6. The highest BCUT2D eigenvalue weighted by Gasteiger charge is 2.38. The first-order valence-corrected chi connectivity index (χ1v) is 8.03. The van der Waals surface area contributed by atoms with Crippen molar-refractivity contribution < 1.29 is 4.79 Å². The topological polar surface area (TPSA) is 50.2 Å². The summed E-state index contributed by atoms with van der Waals surface area (Å²) in [6.07, 6.45) is 6.46. The van der Waals surface area contributed by atoms with Crippen LogP contribution in [0.15, 0.2) is 10.7 Å². The highest BCUT2D eigenvalue weighted by atomic mass is 79.9. The molecule has 2 atom stereocenters. The number of rotatable bonds is 3. The maximum Gasteiger partial charge on any atom is 0.241 e. The molecule has 1 amide bonds. The van der Waals surface area contributed by atoms with Crippen LogP contribution in [0.3, 0.4) is 0 Å². The van der Waals surface area contributed by atoms with Gasteiger partial charge in [0.15, 0.2) is 0 Å². The van der Waals surface area contributed by atoms with Crippen LogP contribution in [0.1, 0.15) is 31.4 Å². The van der Waals surface area contributed by atoms with Gasteiger partial charge in [-0.15, -0.1) is 0 Å². The second kappa shape index (κ2) is 5.48. The molecule has 3 heterocycles. The lowest BCUT2D eigenvalue weighted by atomic mass is 9.98. The minimum atomic E-state index is 0.0673. The molecule has 5 nitrogen and oxygen atoms in total. The molecule has 1 aromatic rings. The smallest absolute Gasteiger partial charge is 0.241 e. The van der Waals surface area contributed by atoms with E-state index < -0.39 is 0 Å². The van der Waals surface area contributed by atoms with Gasteiger partial charge < -0.3 is 10.2 Å². The van der Waals surface area contributed by atoms with Gasteiger partial charge in [0.05, 0.1) is 16.4 Å². The fraction of sp³-hybridized carbons (Fsp3) is 0.714. The number of hydrogen-bond acceptors (Lipinski definition) is 3. The van der Waals surface area contributed by atoms with Gasteiger partial charge in [0.2, 0.25) is 5.91 Å². The molecule has 2 saturated heterocycles. The van der Waals surface area contributed by atoms with Gasteiger partial charge in [-0.25, -0.2) is 0 Å². The summed E-state index contributed by atoms with van der Waals surface area (Å²) in [5, 5.41) is 7.39. The number of hydrogen-bond donors (Lipinski definition) is 1.